The predicted octanol–water partition coefficient (Wildman–Crippen LogP) is 5.90. The van der Waals surface area contributed by atoms with E-state index in [4.69, 9.17) is 27.9 Å². The second-order valence-corrected chi connectivity index (χ2v) is 12.9. The van der Waals surface area contributed by atoms with E-state index in [0.717, 1.165) is 36.1 Å². The molecular formula is C32H33Cl2F2N5O4. The van der Waals surface area contributed by atoms with E-state index in [2.05, 4.69) is 15.6 Å². The number of nitrogens with zero attached hydrogens (tertiary/aromatic N) is 3. The standard InChI is InChI=1S/C32H33Cl2F2N5O4/c1-17(45-2)12-37-13-18-7-24(31(44)41(14-18)21-5-6-21)29(42)39-28-9-20(8-27(38-28)19-3-4-19)22-10-25(33)26(34)11-23(22)30(43)40-15-32(35,36)16-40/h7-11,14,17,19,21,37H,3-6,12-13,15-16H2,1-2H3,(H,38,39,42)/t17-/m0/s1. The Bertz CT molecular complexity index is 1720. The highest BCUT2D eigenvalue weighted by molar-refractivity contribution is 6.42. The van der Waals surface area contributed by atoms with E-state index in [1.165, 1.54) is 12.1 Å². The second kappa shape index (κ2) is 12.4. The molecule has 0 bridgehead atoms. The van der Waals surface area contributed by atoms with Gasteiger partial charge in [0.15, 0.2) is 0 Å². The zero-order valence-electron chi connectivity index (χ0n) is 24.8. The molecule has 3 heterocycles. The van der Waals surface area contributed by atoms with Crippen molar-refractivity contribution >= 4 is 40.8 Å². The molecule has 3 fully saturated rings. The zero-order valence-corrected chi connectivity index (χ0v) is 26.4. The molecule has 6 rings (SSSR count). The van der Waals surface area contributed by atoms with Crippen LogP contribution in [0.4, 0.5) is 14.6 Å². The Hall–Kier alpha value is -3.38. The number of alkyl halides is 2. The number of hydrogen-bond acceptors (Lipinski definition) is 6. The zero-order chi connectivity index (χ0) is 32.0. The van der Waals surface area contributed by atoms with E-state index in [-0.39, 0.29) is 50.6 Å². The molecule has 0 unspecified atom stereocenters. The van der Waals surface area contributed by atoms with Gasteiger partial charge in [-0.15, -0.1) is 0 Å². The maximum absolute atomic E-state index is 13.7. The van der Waals surface area contributed by atoms with E-state index >= 15 is 0 Å². The fourth-order valence-electron chi connectivity index (χ4n) is 5.38. The fraction of sp³-hybridized carbons (Fsp3) is 0.438. The molecule has 2 saturated carbocycles. The van der Waals surface area contributed by atoms with Gasteiger partial charge in [-0.3, -0.25) is 14.4 Å². The highest BCUT2D eigenvalue weighted by atomic mass is 35.5. The molecule has 1 aliphatic heterocycles. The first-order valence-corrected chi connectivity index (χ1v) is 15.7. The van der Waals surface area contributed by atoms with Crippen LogP contribution >= 0.6 is 23.2 Å². The summed E-state index contributed by atoms with van der Waals surface area (Å²) in [6, 6.07) is 7.93. The summed E-state index contributed by atoms with van der Waals surface area (Å²) in [5.74, 6) is -3.80. The van der Waals surface area contributed by atoms with Crippen molar-refractivity contribution in [2.24, 2.45) is 0 Å². The number of carbonyl (C=O) groups excluding carboxylic acids is 2. The van der Waals surface area contributed by atoms with Gasteiger partial charge >= 0.3 is 0 Å². The molecule has 1 aromatic carbocycles. The number of amides is 2. The number of pyridine rings is 2. The summed E-state index contributed by atoms with van der Waals surface area (Å²) in [7, 11) is 1.63. The first-order valence-electron chi connectivity index (χ1n) is 14.9. The van der Waals surface area contributed by atoms with E-state index < -0.39 is 30.8 Å². The number of hydrogen-bond donors (Lipinski definition) is 2. The quantitative estimate of drug-likeness (QED) is 0.266. The van der Waals surface area contributed by atoms with Crippen LogP contribution in [0.2, 0.25) is 10.0 Å². The Balaban J connectivity index is 1.33. The molecule has 9 nitrogen and oxygen atoms in total. The van der Waals surface area contributed by atoms with Crippen LogP contribution in [0.15, 0.2) is 41.3 Å². The molecule has 3 aliphatic rings. The van der Waals surface area contributed by atoms with Crippen LogP contribution in [-0.2, 0) is 11.3 Å². The molecule has 238 valence electrons. The highest BCUT2D eigenvalue weighted by Gasteiger charge is 2.47. The molecule has 2 aliphatic carbocycles. The van der Waals surface area contributed by atoms with Crippen molar-refractivity contribution in [3.05, 3.63) is 79.3 Å². The van der Waals surface area contributed by atoms with E-state index in [1.54, 1.807) is 30.0 Å². The molecule has 45 heavy (non-hydrogen) atoms. The van der Waals surface area contributed by atoms with E-state index in [0.29, 0.717) is 29.9 Å². The summed E-state index contributed by atoms with van der Waals surface area (Å²) in [5, 5.41) is 6.39. The van der Waals surface area contributed by atoms with Gasteiger partial charge in [-0.1, -0.05) is 23.2 Å². The van der Waals surface area contributed by atoms with E-state index in [1.807, 2.05) is 13.0 Å². The normalized spacial score (nSPS) is 18.0. The van der Waals surface area contributed by atoms with Crippen LogP contribution in [0, 0.1) is 0 Å². The summed E-state index contributed by atoms with van der Waals surface area (Å²) in [6.07, 6.45) is 5.34. The summed E-state index contributed by atoms with van der Waals surface area (Å²) in [5.41, 5.74) is 2.09. The van der Waals surface area contributed by atoms with Crippen LogP contribution in [-0.4, -0.2) is 65.0 Å². The Morgan fingerprint density at radius 2 is 1.78 bits per heavy atom. The molecule has 3 aromatic rings. The third-order valence-electron chi connectivity index (χ3n) is 8.26. The Morgan fingerprint density at radius 3 is 2.42 bits per heavy atom. The molecular weight excluding hydrogens is 627 g/mol. The van der Waals surface area contributed by atoms with E-state index in [9.17, 15) is 23.2 Å². The van der Waals surface area contributed by atoms with Gasteiger partial charge in [-0.2, -0.15) is 0 Å². The fourth-order valence-corrected chi connectivity index (χ4v) is 5.71. The number of methoxy groups -OCH3 is 1. The number of rotatable bonds is 11. The monoisotopic (exact) mass is 659 g/mol. The molecule has 0 spiro atoms. The number of ether oxygens (including phenoxy) is 1. The molecule has 2 amide bonds. The van der Waals surface area contributed by atoms with Gasteiger partial charge in [0, 0.05) is 49.6 Å². The van der Waals surface area contributed by atoms with Crippen LogP contribution in [0.25, 0.3) is 11.1 Å². The molecule has 2 N–H and O–H groups in total. The summed E-state index contributed by atoms with van der Waals surface area (Å²) < 4.78 is 34.1. The third kappa shape index (κ3) is 7.06. The summed E-state index contributed by atoms with van der Waals surface area (Å²) in [4.78, 5) is 46.1. The first-order chi connectivity index (χ1) is 21.4. The second-order valence-electron chi connectivity index (χ2n) is 12.1. The van der Waals surface area contributed by atoms with Crippen LogP contribution in [0.3, 0.4) is 0 Å². The minimum absolute atomic E-state index is 0.000646. The van der Waals surface area contributed by atoms with Gasteiger partial charge in [0.25, 0.3) is 23.3 Å². The minimum Gasteiger partial charge on any atom is -0.380 e. The summed E-state index contributed by atoms with van der Waals surface area (Å²) >= 11 is 12.6. The van der Waals surface area contributed by atoms with Gasteiger partial charge in [-0.25, -0.2) is 13.8 Å². The molecule has 1 saturated heterocycles. The maximum Gasteiger partial charge on any atom is 0.282 e. The van der Waals surface area contributed by atoms with Crippen LogP contribution in [0.1, 0.15) is 76.5 Å². The number of anilines is 1. The average Bonchev–Trinajstić information content (AvgIpc) is 3.91. The average molecular weight is 661 g/mol. The SMILES string of the molecule is CO[C@@H](C)CNCc1cc(C(=O)Nc2cc(-c3cc(Cl)c(Cl)cc3C(=O)N3CC(F)(F)C3)cc(C3CC3)n2)c(=O)n(C2CC2)c1. The van der Waals surface area contributed by atoms with Crippen molar-refractivity contribution < 1.29 is 23.1 Å². The Morgan fingerprint density at radius 1 is 1.07 bits per heavy atom. The minimum atomic E-state index is -2.94. The molecule has 2 aromatic heterocycles. The number of halogens is 4. The lowest BCUT2D eigenvalue weighted by Crippen LogP contribution is -2.58. The molecule has 13 heteroatoms. The smallest absolute Gasteiger partial charge is 0.282 e. The largest absolute Gasteiger partial charge is 0.380 e. The number of benzene rings is 1. The third-order valence-corrected chi connectivity index (χ3v) is 8.99. The predicted molar refractivity (Wildman–Crippen MR) is 168 cm³/mol. The maximum atomic E-state index is 13.7. The van der Waals surface area contributed by atoms with Crippen molar-refractivity contribution in [1.29, 1.82) is 0 Å². The van der Waals surface area contributed by atoms with Crippen molar-refractivity contribution in [3.8, 4) is 11.1 Å². The highest BCUT2D eigenvalue weighted by Crippen LogP contribution is 2.42. The summed E-state index contributed by atoms with van der Waals surface area (Å²) in [6.45, 7) is 1.61. The van der Waals surface area contributed by atoms with Crippen molar-refractivity contribution in [2.45, 2.75) is 63.1 Å². The van der Waals surface area contributed by atoms with Crippen molar-refractivity contribution in [3.63, 3.8) is 0 Å². The van der Waals surface area contributed by atoms with Crippen molar-refractivity contribution in [2.75, 3.05) is 32.1 Å². The lowest BCUT2D eigenvalue weighted by Gasteiger charge is -2.39. The van der Waals surface area contributed by atoms with Gasteiger partial charge in [-0.05, 0) is 79.6 Å². The first kappa shape index (κ1) is 31.6. The number of likely N-dealkylation sites (tertiary alicyclic amines) is 1. The van der Waals surface area contributed by atoms with Gasteiger partial charge in [0.05, 0.1) is 29.2 Å². The topological polar surface area (TPSA) is 106 Å². The molecule has 1 atom stereocenters. The number of carbonyl (C=O) groups is 2. The molecule has 0 radical (unpaired) electrons. The van der Waals surface area contributed by atoms with Crippen molar-refractivity contribution in [1.82, 2.24) is 19.8 Å². The lowest BCUT2D eigenvalue weighted by molar-refractivity contribution is -0.113. The Kier molecular flexibility index (Phi) is 8.73. The van der Waals surface area contributed by atoms with Gasteiger partial charge in [0.2, 0.25) is 0 Å². The number of nitrogens with one attached hydrogen (secondary N) is 2. The van der Waals surface area contributed by atoms with Gasteiger partial charge in [0.1, 0.15) is 11.4 Å². The Labute approximate surface area is 268 Å². The van der Waals surface area contributed by atoms with Crippen LogP contribution < -0.4 is 16.2 Å². The lowest BCUT2D eigenvalue weighted by atomic mass is 9.96. The van der Waals surface area contributed by atoms with Crippen LogP contribution in [0.5, 0.6) is 0 Å². The number of aromatic nitrogens is 2. The van der Waals surface area contributed by atoms with Gasteiger partial charge < -0.3 is 24.8 Å².